The summed E-state index contributed by atoms with van der Waals surface area (Å²) in [4.78, 5) is 25.8. The molecule has 0 aromatic carbocycles. The molecule has 5 aromatic heterocycles. The Balaban J connectivity index is 1.57. The van der Waals surface area contributed by atoms with E-state index >= 15 is 0 Å². The molecule has 0 spiro atoms. The molecule has 0 saturated heterocycles. The molecule has 0 atom stereocenters. The van der Waals surface area contributed by atoms with Crippen LogP contribution in [0.2, 0.25) is 0 Å². The van der Waals surface area contributed by atoms with Gasteiger partial charge in [-0.3, -0.25) is 9.97 Å². The van der Waals surface area contributed by atoms with Crippen molar-refractivity contribution in [2.24, 2.45) is 0 Å². The Bertz CT molecular complexity index is 1380. The minimum Gasteiger partial charge on any atom is -0.265 e. The van der Waals surface area contributed by atoms with Gasteiger partial charge in [-0.1, -0.05) is 19.9 Å². The second kappa shape index (κ2) is 12.8. The molecule has 190 valence electrons. The number of aromatic nitrogens is 5. The summed E-state index contributed by atoms with van der Waals surface area (Å²) in [5.41, 5.74) is 7.29. The van der Waals surface area contributed by atoms with Crippen molar-refractivity contribution < 1.29 is 0 Å². The smallest absolute Gasteiger partial charge is 0.0905 e. The largest absolute Gasteiger partial charge is 0.265 e. The van der Waals surface area contributed by atoms with Crippen LogP contribution in [0.5, 0.6) is 0 Å². The molecule has 0 unspecified atom stereocenters. The summed E-state index contributed by atoms with van der Waals surface area (Å²) in [6.07, 6.45) is 9.43. The Labute approximate surface area is 232 Å². The van der Waals surface area contributed by atoms with Crippen LogP contribution in [0.3, 0.4) is 0 Å². The Morgan fingerprint density at radius 1 is 0.500 bits per heavy atom. The molecule has 0 aliphatic rings. The summed E-state index contributed by atoms with van der Waals surface area (Å²) < 4.78 is 0. The van der Waals surface area contributed by atoms with Crippen LogP contribution in [0.4, 0.5) is 0 Å². The van der Waals surface area contributed by atoms with Gasteiger partial charge in [-0.2, -0.15) is 0 Å². The van der Waals surface area contributed by atoms with E-state index in [-0.39, 0.29) is 0 Å². The zero-order chi connectivity index (χ0) is 26.2. The molecule has 0 radical (unpaired) electrons. The second-order valence-corrected chi connectivity index (χ2v) is 11.1. The summed E-state index contributed by atoms with van der Waals surface area (Å²) in [6.45, 7) is 4.40. The molecule has 0 amide bonds. The maximum atomic E-state index is 5.06. The van der Waals surface area contributed by atoms with Gasteiger partial charge < -0.3 is 0 Å². The highest BCUT2D eigenvalue weighted by Crippen LogP contribution is 2.32. The van der Waals surface area contributed by atoms with Gasteiger partial charge in [0.15, 0.2) is 0 Å². The van der Waals surface area contributed by atoms with Crippen LogP contribution in [0, 0.1) is 0 Å². The molecule has 0 fully saturated rings. The lowest BCUT2D eigenvalue weighted by Crippen LogP contribution is -1.96. The van der Waals surface area contributed by atoms with Crippen molar-refractivity contribution in [3.8, 4) is 45.3 Å². The number of thioether (sulfide) groups is 2. The fourth-order valence-corrected chi connectivity index (χ4v) is 5.60. The summed E-state index contributed by atoms with van der Waals surface area (Å²) in [6, 6.07) is 22.6. The van der Waals surface area contributed by atoms with E-state index in [0.717, 1.165) is 69.6 Å². The molecule has 0 aliphatic heterocycles. The minimum absolute atomic E-state index is 0.829. The lowest BCUT2D eigenvalue weighted by molar-refractivity contribution is 1.10. The molecular weight excluding hydrogens is 507 g/mol. The van der Waals surface area contributed by atoms with Crippen LogP contribution in [0.25, 0.3) is 45.3 Å². The van der Waals surface area contributed by atoms with Gasteiger partial charge in [0.1, 0.15) is 0 Å². The lowest BCUT2D eigenvalue weighted by atomic mass is 10.1. The maximum absolute atomic E-state index is 5.06. The van der Waals surface area contributed by atoms with Gasteiger partial charge in [0.2, 0.25) is 0 Å². The number of hydrogen-bond acceptors (Lipinski definition) is 7. The van der Waals surface area contributed by atoms with Crippen LogP contribution in [0.15, 0.2) is 101 Å². The van der Waals surface area contributed by atoms with Crippen LogP contribution >= 0.6 is 23.5 Å². The molecule has 5 heterocycles. The maximum Gasteiger partial charge on any atom is 0.0905 e. The SMILES string of the molecule is CCCSc1cc(-c2ccncc2)nc(-c2cccc(-c3cc(SCCC)cc(-c4ccncc4)n3)n2)c1. The zero-order valence-corrected chi connectivity index (χ0v) is 23.2. The van der Waals surface area contributed by atoms with Gasteiger partial charge in [0.25, 0.3) is 0 Å². The van der Waals surface area contributed by atoms with Gasteiger partial charge in [0, 0.05) is 45.7 Å². The average molecular weight is 536 g/mol. The predicted molar refractivity (Wildman–Crippen MR) is 159 cm³/mol. The van der Waals surface area contributed by atoms with Crippen molar-refractivity contribution in [1.82, 2.24) is 24.9 Å². The number of pyridine rings is 5. The number of nitrogens with zero attached hydrogens (tertiary/aromatic N) is 5. The van der Waals surface area contributed by atoms with Gasteiger partial charge in [-0.15, -0.1) is 23.5 Å². The molecule has 0 aliphatic carbocycles. The third kappa shape index (κ3) is 6.47. The van der Waals surface area contributed by atoms with Crippen LogP contribution in [-0.2, 0) is 0 Å². The van der Waals surface area contributed by atoms with Crippen LogP contribution in [-0.4, -0.2) is 36.4 Å². The average Bonchev–Trinajstić information content (AvgIpc) is 2.99. The van der Waals surface area contributed by atoms with Crippen LogP contribution < -0.4 is 0 Å². The van der Waals surface area contributed by atoms with Crippen molar-refractivity contribution in [2.45, 2.75) is 36.5 Å². The summed E-state index contributed by atoms with van der Waals surface area (Å²) in [7, 11) is 0. The van der Waals surface area contributed by atoms with Gasteiger partial charge in [0.05, 0.1) is 34.2 Å². The highest BCUT2D eigenvalue weighted by molar-refractivity contribution is 7.99. The van der Waals surface area contributed by atoms with E-state index in [9.17, 15) is 0 Å². The number of rotatable bonds is 10. The van der Waals surface area contributed by atoms with E-state index in [1.165, 1.54) is 9.79 Å². The van der Waals surface area contributed by atoms with Crippen molar-refractivity contribution in [3.63, 3.8) is 0 Å². The highest BCUT2D eigenvalue weighted by Gasteiger charge is 2.13. The van der Waals surface area contributed by atoms with E-state index in [1.54, 1.807) is 24.8 Å². The Morgan fingerprint density at radius 2 is 0.895 bits per heavy atom. The molecule has 0 saturated carbocycles. The van der Waals surface area contributed by atoms with Gasteiger partial charge in [-0.25, -0.2) is 15.0 Å². The Hall–Kier alpha value is -3.55. The highest BCUT2D eigenvalue weighted by atomic mass is 32.2. The summed E-state index contributed by atoms with van der Waals surface area (Å²) in [5, 5.41) is 0. The van der Waals surface area contributed by atoms with Crippen molar-refractivity contribution in [3.05, 3.63) is 91.5 Å². The first kappa shape index (κ1) is 26.1. The Morgan fingerprint density at radius 3 is 1.32 bits per heavy atom. The van der Waals surface area contributed by atoms with Crippen molar-refractivity contribution in [1.29, 1.82) is 0 Å². The third-order valence-electron chi connectivity index (χ3n) is 5.77. The fourth-order valence-electron chi connectivity index (χ4n) is 3.94. The van der Waals surface area contributed by atoms with Gasteiger partial charge >= 0.3 is 0 Å². The first-order valence-corrected chi connectivity index (χ1v) is 14.8. The summed E-state index contributed by atoms with van der Waals surface area (Å²) in [5.74, 6) is 2.10. The van der Waals surface area contributed by atoms with Crippen LogP contribution in [0.1, 0.15) is 26.7 Å². The minimum atomic E-state index is 0.829. The number of hydrogen-bond donors (Lipinski definition) is 0. The predicted octanol–water partition coefficient (Wildman–Crippen LogP) is 8.33. The normalized spacial score (nSPS) is 11.0. The quantitative estimate of drug-likeness (QED) is 0.167. The van der Waals surface area contributed by atoms with E-state index < -0.39 is 0 Å². The molecule has 0 bridgehead atoms. The summed E-state index contributed by atoms with van der Waals surface area (Å²) >= 11 is 3.69. The molecule has 0 N–H and O–H groups in total. The monoisotopic (exact) mass is 535 g/mol. The van der Waals surface area contributed by atoms with E-state index in [0.29, 0.717) is 0 Å². The first-order chi connectivity index (χ1) is 18.7. The first-order valence-electron chi connectivity index (χ1n) is 12.8. The molecular formula is C31H29N5S2. The molecule has 38 heavy (non-hydrogen) atoms. The van der Waals surface area contributed by atoms with Crippen molar-refractivity contribution in [2.75, 3.05) is 11.5 Å². The second-order valence-electron chi connectivity index (χ2n) is 8.72. The molecule has 7 heteroatoms. The van der Waals surface area contributed by atoms with E-state index in [2.05, 4.69) is 48.1 Å². The lowest BCUT2D eigenvalue weighted by Gasteiger charge is -2.11. The van der Waals surface area contributed by atoms with Gasteiger partial charge in [-0.05, 0) is 85.0 Å². The van der Waals surface area contributed by atoms with E-state index in [4.69, 9.17) is 15.0 Å². The molecule has 5 rings (SSSR count). The molecule has 5 nitrogen and oxygen atoms in total. The fraction of sp³-hybridized carbons (Fsp3) is 0.194. The van der Waals surface area contributed by atoms with Crippen molar-refractivity contribution >= 4 is 23.5 Å². The standard InChI is InChI=1S/C31H29N5S2/c1-3-16-37-24-18-28(22-8-12-32-13-9-22)35-30(20-24)26-6-5-7-27(34-26)31-21-25(38-17-4-2)19-29(36-31)23-10-14-33-15-11-23/h5-15,18-21H,3-4,16-17H2,1-2H3. The third-order valence-corrected chi connectivity index (χ3v) is 8.13. The molecule has 5 aromatic rings. The van der Waals surface area contributed by atoms with E-state index in [1.807, 2.05) is 66.0 Å². The zero-order valence-electron chi connectivity index (χ0n) is 21.5. The topological polar surface area (TPSA) is 64.5 Å². The Kier molecular flexibility index (Phi) is 8.78.